The second-order valence-corrected chi connectivity index (χ2v) is 19.2. The molecule has 0 fully saturated rings. The third-order valence-electron chi connectivity index (χ3n) is 10.0. The van der Waals surface area contributed by atoms with Crippen LogP contribution in [-0.4, -0.2) is 212 Å². The van der Waals surface area contributed by atoms with Crippen LogP contribution in [0.3, 0.4) is 0 Å². The summed E-state index contributed by atoms with van der Waals surface area (Å²) in [5, 5.41) is 11.6. The molecule has 26 nitrogen and oxygen atoms in total. The molecule has 0 aromatic heterocycles. The minimum absolute atomic E-state index is 0.00707. The van der Waals surface area contributed by atoms with Crippen LogP contribution in [0.4, 0.5) is 15.3 Å². The van der Waals surface area contributed by atoms with Gasteiger partial charge >= 0.3 is 135 Å². The van der Waals surface area contributed by atoms with Crippen molar-refractivity contribution < 1.29 is 85.6 Å². The number of amides is 5. The molecule has 0 saturated heterocycles. The molecule has 76 heavy (non-hydrogen) atoms. The number of hydrogen-bond donors (Lipinski definition) is 6. The summed E-state index contributed by atoms with van der Waals surface area (Å²) in [4.78, 5) is 65.9. The Hall–Kier alpha value is -4.07. The Labute approximate surface area is 458 Å². The van der Waals surface area contributed by atoms with E-state index >= 15 is 0 Å². The van der Waals surface area contributed by atoms with Gasteiger partial charge in [0, 0.05) is 13.0 Å². The number of hydrogen-bond acceptors (Lipinski definition) is 20. The maximum absolute atomic E-state index is 13.6. The Morgan fingerprint density at radius 3 is 1.47 bits per heavy atom. The molecule has 438 valence electrons. The van der Waals surface area contributed by atoms with Gasteiger partial charge in [-0.05, 0) is 12.3 Å². The summed E-state index contributed by atoms with van der Waals surface area (Å²) in [6.45, 7) is 16.0. The van der Waals surface area contributed by atoms with Crippen molar-refractivity contribution in [2.24, 2.45) is 22.7 Å². The fourth-order valence-corrected chi connectivity index (χ4v) is 7.04. The average molecular weight is 1210 g/mol. The van der Waals surface area contributed by atoms with E-state index in [9.17, 15) is 24.0 Å². The minimum atomic E-state index is -2.26. The van der Waals surface area contributed by atoms with Crippen molar-refractivity contribution in [2.75, 3.05) is 181 Å². The molecular formula is C49H88IN8O18+. The third-order valence-corrected chi connectivity index (χ3v) is 11.6. The number of alkyl halides is 1. The van der Waals surface area contributed by atoms with Gasteiger partial charge in [-0.1, -0.05) is 13.8 Å². The van der Waals surface area contributed by atoms with Crippen LogP contribution < -0.4 is 30.1 Å². The van der Waals surface area contributed by atoms with Crippen LogP contribution in [0, 0.1) is 17.4 Å². The fourth-order valence-electron chi connectivity index (χ4n) is 6.19. The molecule has 27 heteroatoms. The van der Waals surface area contributed by atoms with Gasteiger partial charge in [0.1, 0.15) is 17.2 Å². The van der Waals surface area contributed by atoms with E-state index in [0.717, 1.165) is 0 Å². The van der Waals surface area contributed by atoms with Crippen LogP contribution in [0.15, 0.2) is 29.4 Å². The molecular weight excluding hydrogens is 1120 g/mol. The first kappa shape index (κ1) is 68.0. The number of ether oxygens (including phenoxy) is 13. The number of rotatable bonds is 54. The first-order valence-electron chi connectivity index (χ1n) is 26.2. The van der Waals surface area contributed by atoms with Gasteiger partial charge in [0.05, 0.1) is 165 Å². The van der Waals surface area contributed by atoms with Crippen LogP contribution in [0.25, 0.3) is 0 Å². The van der Waals surface area contributed by atoms with Crippen molar-refractivity contribution in [2.45, 2.75) is 59.1 Å². The SMILES string of the molecule is [2H]I(CC)NC(=O)OCc1ccc(NC(=O)[C@H](CCCNC(N)=O)CC(=O)[C@@H](NC(=O)CCOCCOCCOCCOCCOCCOCCOCCOCCOCCOCCOCCOCCN=[N+]=N)C(C)C)cc1. The van der Waals surface area contributed by atoms with E-state index in [4.69, 9.17) is 73.4 Å². The molecule has 0 aliphatic carbocycles. The summed E-state index contributed by atoms with van der Waals surface area (Å²) in [5.41, 5.74) is 12.9. The van der Waals surface area contributed by atoms with E-state index in [1.54, 1.807) is 24.3 Å². The molecule has 0 saturated carbocycles. The third kappa shape index (κ3) is 44.0. The molecule has 1 aromatic rings. The van der Waals surface area contributed by atoms with Crippen molar-refractivity contribution >= 4 is 56.7 Å². The molecule has 0 spiro atoms. The number of carbonyl (C=O) groups excluding carboxylic acids is 5. The molecule has 5 amide bonds. The summed E-state index contributed by atoms with van der Waals surface area (Å²) in [5.74, 6) is -2.12. The molecule has 0 aliphatic heterocycles. The second-order valence-electron chi connectivity index (χ2n) is 16.4. The summed E-state index contributed by atoms with van der Waals surface area (Å²) in [6, 6.07) is 5.14. The molecule has 1 aromatic carbocycles. The van der Waals surface area contributed by atoms with Crippen LogP contribution in [-0.2, 0) is 82.6 Å². The van der Waals surface area contributed by atoms with Crippen LogP contribution in [0.1, 0.15) is 52.0 Å². The van der Waals surface area contributed by atoms with Gasteiger partial charge in [-0.2, -0.15) is 0 Å². The van der Waals surface area contributed by atoms with Gasteiger partial charge in [-0.15, -0.1) is 0 Å². The van der Waals surface area contributed by atoms with Gasteiger partial charge in [-0.3, -0.25) is 9.59 Å². The van der Waals surface area contributed by atoms with Gasteiger partial charge in [-0.25, -0.2) is 4.79 Å². The number of ketones is 1. The van der Waals surface area contributed by atoms with E-state index in [-0.39, 0.29) is 63.2 Å². The van der Waals surface area contributed by atoms with Crippen molar-refractivity contribution in [1.82, 2.24) is 19.1 Å². The van der Waals surface area contributed by atoms with Crippen molar-refractivity contribution in [3.8, 4) is 0 Å². The molecule has 7 N–H and O–H groups in total. The van der Waals surface area contributed by atoms with Crippen LogP contribution >= 0.6 is 21.3 Å². The van der Waals surface area contributed by atoms with E-state index in [2.05, 4.69) is 29.5 Å². The van der Waals surface area contributed by atoms with Crippen molar-refractivity contribution in [3.63, 3.8) is 0 Å². The number of benzene rings is 1. The Morgan fingerprint density at radius 1 is 0.658 bits per heavy atom. The summed E-state index contributed by atoms with van der Waals surface area (Å²) in [7, 11) is 0. The quantitative estimate of drug-likeness (QED) is 0.0136. The number of primary amides is 1. The van der Waals surface area contributed by atoms with Crippen LogP contribution in [0.2, 0.25) is 0 Å². The Kier molecular flexibility index (Phi) is 46.3. The molecule has 0 bridgehead atoms. The van der Waals surface area contributed by atoms with Gasteiger partial charge in [0.25, 0.3) is 0 Å². The summed E-state index contributed by atoms with van der Waals surface area (Å²) in [6.07, 6.45) is -0.125. The number of carbonyl (C=O) groups is 5. The van der Waals surface area contributed by atoms with E-state index < -0.39 is 51.3 Å². The average Bonchev–Trinajstić information content (AvgIpc) is 3.41. The van der Waals surface area contributed by atoms with Crippen LogP contribution in [0.5, 0.6) is 0 Å². The molecule has 0 heterocycles. The van der Waals surface area contributed by atoms with E-state index in [1.807, 2.05) is 20.8 Å². The van der Waals surface area contributed by atoms with Gasteiger partial charge in [0.2, 0.25) is 10.8 Å². The zero-order valence-corrected chi connectivity index (χ0v) is 47.0. The summed E-state index contributed by atoms with van der Waals surface area (Å²) >= 11 is -2.26. The topological polar surface area (TPSA) is 330 Å². The Morgan fingerprint density at radius 2 is 1.08 bits per heavy atom. The monoisotopic (exact) mass is 1200 g/mol. The normalized spacial score (nSPS) is 12.3. The maximum atomic E-state index is 13.6. The van der Waals surface area contributed by atoms with Crippen molar-refractivity contribution in [3.05, 3.63) is 29.8 Å². The van der Waals surface area contributed by atoms with Crippen molar-refractivity contribution in [1.29, 1.82) is 6.12 Å². The number of urea groups is 1. The molecule has 0 unspecified atom stereocenters. The number of nitrogens with two attached hydrogens (primary N) is 1. The van der Waals surface area contributed by atoms with E-state index in [0.29, 0.717) is 174 Å². The Bertz CT molecular complexity index is 1710. The number of halogens is 1. The fraction of sp³-hybridized carbons (Fsp3) is 0.776. The van der Waals surface area contributed by atoms with E-state index in [1.165, 1.54) is 0 Å². The van der Waals surface area contributed by atoms with Gasteiger partial charge in [0.15, 0.2) is 5.78 Å². The zero-order valence-electron chi connectivity index (χ0n) is 45.9. The zero-order chi connectivity index (χ0) is 56.2. The molecule has 0 radical (unpaired) electrons. The molecule has 2 atom stereocenters. The predicted octanol–water partition coefficient (Wildman–Crippen LogP) is 2.79. The molecule has 1 rings (SSSR count). The standard InChI is InChI=1S/C49H87IN8O18/c1-4-50-57-49(63)76-39-41-7-9-43(10-8-41)55-47(61)42(6-5-12-53-48(51)62)38-44(59)46(40(2)3)56-45(60)11-14-64-16-18-66-20-22-68-24-26-70-28-30-72-32-34-74-36-37-75-35-33-73-31-29-71-27-25-69-23-21-67-19-17-65-15-13-54-58-52/h7-10,40,42,46,50,52H,4-6,11-39H2,1-3H3,(H5-,51,53,55,56,57,60,61,62,63)/p+1/t42-,46+/m1/s1/i50D. The first-order chi connectivity index (χ1) is 37.5. The second kappa shape index (κ2) is 51.7. The summed E-state index contributed by atoms with van der Waals surface area (Å²) < 4.78 is 81.8. The van der Waals surface area contributed by atoms with Gasteiger partial charge < -0.3 is 73.2 Å². The predicted molar refractivity (Wildman–Crippen MR) is 288 cm³/mol. The number of nitrogens with one attached hydrogen (secondary N) is 5. The Balaban J connectivity index is 2.05. The number of anilines is 1. The first-order valence-corrected chi connectivity index (χ1v) is 28.4. The number of Topliss-reactive ketones (excluding diaryl/α,β-unsaturated/α-hetero) is 1. The number of nitrogens with zero attached hydrogens (tertiary/aromatic N) is 2. The molecule has 0 aliphatic rings.